The number of hydrogen-bond donors (Lipinski definition) is 2. The van der Waals surface area contributed by atoms with Gasteiger partial charge in [-0.3, -0.25) is 4.46 Å². The monoisotopic (exact) mass is 108 g/mol. The minimum Gasteiger partial charge on any atom is -0.511 e. The summed E-state index contributed by atoms with van der Waals surface area (Å²) in [4.78, 5) is 14.3. The highest BCUT2D eigenvalue weighted by molar-refractivity contribution is 6.22. The quantitative estimate of drug-likeness (QED) is 0.330. The lowest BCUT2D eigenvalue weighted by Crippen LogP contribution is -1.90. The van der Waals surface area contributed by atoms with Crippen molar-refractivity contribution in [1.82, 2.24) is 0 Å². The lowest BCUT2D eigenvalue weighted by molar-refractivity contribution is 0.330. The summed E-state index contributed by atoms with van der Waals surface area (Å²) in [7, 11) is -3.13. The van der Waals surface area contributed by atoms with E-state index in [0.29, 0.717) is 0 Å². The summed E-state index contributed by atoms with van der Waals surface area (Å²) in [5.74, 6) is 0. The smallest absolute Gasteiger partial charge is 0.511 e. The zero-order valence-corrected chi connectivity index (χ0v) is 2.80. The van der Waals surface area contributed by atoms with Gasteiger partial charge in [-0.15, -0.1) is 0 Å². The van der Waals surface area contributed by atoms with Gasteiger partial charge in [0.25, 0.3) is 0 Å². The van der Waals surface area contributed by atoms with E-state index in [-0.39, 0.29) is 17.4 Å². The van der Waals surface area contributed by atoms with Gasteiger partial charge >= 0.3 is 9.17 Å². The lowest BCUT2D eigenvalue weighted by atomic mass is 15.8. The Hall–Kier alpha value is 0.149. The standard InChI is InChI=1S/Al.H2O3Si.3H/c;1-4(2)3;;;/h;1-2H;;;. The fourth-order valence-corrected chi connectivity index (χ4v) is 0. The van der Waals surface area contributed by atoms with Crippen LogP contribution in [0.1, 0.15) is 0 Å². The van der Waals surface area contributed by atoms with E-state index in [1.54, 1.807) is 0 Å². The number of rotatable bonds is 0. The van der Waals surface area contributed by atoms with Crippen molar-refractivity contribution in [3.05, 3.63) is 0 Å². The van der Waals surface area contributed by atoms with E-state index in [1.165, 1.54) is 0 Å². The first kappa shape index (κ1) is 8.94. The zero-order chi connectivity index (χ0) is 3.58. The summed E-state index contributed by atoms with van der Waals surface area (Å²) in [6, 6.07) is 0. The summed E-state index contributed by atoms with van der Waals surface area (Å²) >= 11 is 0. The van der Waals surface area contributed by atoms with Crippen molar-refractivity contribution in [3.63, 3.8) is 0 Å². The predicted octanol–water partition coefficient (Wildman–Crippen LogP) is -2.80. The first-order valence-electron chi connectivity index (χ1n) is 0.651. The third-order valence-corrected chi connectivity index (χ3v) is 0. The van der Waals surface area contributed by atoms with Crippen LogP contribution in [0.3, 0.4) is 0 Å². The molecule has 3 nitrogen and oxygen atoms in total. The molecule has 0 aromatic carbocycles. The molecule has 0 aliphatic carbocycles. The maximum Gasteiger partial charge on any atom is 0.761 e. The molecular weight excluding hydrogens is 103 g/mol. The molecule has 5 heteroatoms. The lowest BCUT2D eigenvalue weighted by Gasteiger charge is -1.55. The van der Waals surface area contributed by atoms with Crippen LogP contribution in [0.25, 0.3) is 0 Å². The summed E-state index contributed by atoms with van der Waals surface area (Å²) in [6.07, 6.45) is 0. The molecule has 2 N–H and O–H groups in total. The minimum atomic E-state index is -3.13. The second-order valence-corrected chi connectivity index (χ2v) is 0.848. The van der Waals surface area contributed by atoms with Gasteiger partial charge in [-0.2, -0.15) is 0 Å². The summed E-state index contributed by atoms with van der Waals surface area (Å²) in [5, 5.41) is 0. The molecule has 0 atom stereocenters. The second-order valence-electron chi connectivity index (χ2n) is 0.283. The van der Waals surface area contributed by atoms with Crippen molar-refractivity contribution < 1.29 is 14.1 Å². The van der Waals surface area contributed by atoms with E-state index in [4.69, 9.17) is 14.1 Å². The van der Waals surface area contributed by atoms with Gasteiger partial charge < -0.3 is 9.59 Å². The molecule has 0 rings (SSSR count). The molecule has 0 unspecified atom stereocenters. The zero-order valence-electron chi connectivity index (χ0n) is 1.80. The summed E-state index contributed by atoms with van der Waals surface area (Å²) in [5.41, 5.74) is 0. The van der Waals surface area contributed by atoms with Crippen molar-refractivity contribution in [2.75, 3.05) is 0 Å². The molecule has 0 bridgehead atoms. The van der Waals surface area contributed by atoms with Crippen LogP contribution in [0.5, 0.6) is 0 Å². The molecule has 0 heterocycles. The molecule has 0 aliphatic rings. The topological polar surface area (TPSA) is 57.5 Å². The molecule has 0 saturated heterocycles. The van der Waals surface area contributed by atoms with Crippen LogP contribution in [0.2, 0.25) is 0 Å². The van der Waals surface area contributed by atoms with E-state index in [2.05, 4.69) is 0 Å². The van der Waals surface area contributed by atoms with Crippen molar-refractivity contribution in [2.45, 2.75) is 0 Å². The average Bonchev–Trinajstić information content (AvgIpc) is 0.811. The van der Waals surface area contributed by atoms with Crippen LogP contribution in [0, 0.1) is 0 Å². The molecule has 0 radical (unpaired) electrons. The first-order chi connectivity index (χ1) is 1.73. The third-order valence-electron chi connectivity index (χ3n) is 0. The fourth-order valence-electron chi connectivity index (χ4n) is 0. The Labute approximate surface area is 41.3 Å². The average molecular weight is 108 g/mol. The molecule has 0 aromatic rings. The molecule has 0 amide bonds. The van der Waals surface area contributed by atoms with E-state index >= 15 is 0 Å². The Morgan fingerprint density at radius 2 is 1.40 bits per heavy atom. The summed E-state index contributed by atoms with van der Waals surface area (Å²) in [6.45, 7) is 0. The van der Waals surface area contributed by atoms with E-state index in [9.17, 15) is 0 Å². The highest BCUT2D eigenvalue weighted by atomic mass is 28.3. The van der Waals surface area contributed by atoms with Gasteiger partial charge in [0.05, 0.1) is 0 Å². The predicted molar refractivity (Wildman–Crippen MR) is 20.8 cm³/mol. The highest BCUT2D eigenvalue weighted by Crippen LogP contribution is 1.27. The minimum absolute atomic E-state index is 0. The maximum atomic E-state index is 8.74. The molecule has 5 heavy (non-hydrogen) atoms. The van der Waals surface area contributed by atoms with Crippen LogP contribution in [-0.4, -0.2) is 36.1 Å². The second kappa shape index (κ2) is 4.15. The largest absolute Gasteiger partial charge is 0.761 e. The first-order valence-corrected chi connectivity index (χ1v) is 1.95. The van der Waals surface area contributed by atoms with Crippen LogP contribution in [0.4, 0.5) is 0 Å². The van der Waals surface area contributed by atoms with Crippen molar-refractivity contribution in [3.8, 4) is 0 Å². The Morgan fingerprint density at radius 1 is 1.40 bits per heavy atom. The molecular formula is H5AlO3Si. The molecule has 0 spiro atoms. The van der Waals surface area contributed by atoms with Crippen LogP contribution < -0.4 is 0 Å². The van der Waals surface area contributed by atoms with Gasteiger partial charge in [0.15, 0.2) is 17.4 Å². The number of hydrogen-bond acceptors (Lipinski definition) is 1. The maximum absolute atomic E-state index is 8.74. The molecule has 0 saturated carbocycles. The SMILES string of the molecule is O=[Si](O)O.[AlH3]. The molecule has 30 valence electrons. The van der Waals surface area contributed by atoms with Gasteiger partial charge in [0, 0.05) is 0 Å². The van der Waals surface area contributed by atoms with E-state index < -0.39 is 9.17 Å². The normalized spacial score (nSPS) is 4.80. The van der Waals surface area contributed by atoms with Crippen molar-refractivity contribution in [2.24, 2.45) is 0 Å². The fraction of sp³-hybridized carbons (Fsp3) is 0. The van der Waals surface area contributed by atoms with Crippen LogP contribution in [-0.2, 0) is 4.46 Å². The Balaban J connectivity index is 0. The van der Waals surface area contributed by atoms with Crippen LogP contribution in [0.15, 0.2) is 0 Å². The van der Waals surface area contributed by atoms with Gasteiger partial charge in [-0.25, -0.2) is 0 Å². The van der Waals surface area contributed by atoms with Crippen molar-refractivity contribution >= 4 is 26.5 Å². The van der Waals surface area contributed by atoms with E-state index in [1.807, 2.05) is 0 Å². The molecule has 0 aromatic heterocycles. The highest BCUT2D eigenvalue weighted by Gasteiger charge is 1.85. The summed E-state index contributed by atoms with van der Waals surface area (Å²) < 4.78 is 8.74. The van der Waals surface area contributed by atoms with Crippen LogP contribution >= 0.6 is 0 Å². The Kier molecular flexibility index (Phi) is 7.42. The van der Waals surface area contributed by atoms with Gasteiger partial charge in [0.1, 0.15) is 0 Å². The van der Waals surface area contributed by atoms with Gasteiger partial charge in [0.2, 0.25) is 0 Å². The Morgan fingerprint density at radius 3 is 1.40 bits per heavy atom. The molecule has 0 aliphatic heterocycles. The van der Waals surface area contributed by atoms with Gasteiger partial charge in [-0.05, 0) is 0 Å². The van der Waals surface area contributed by atoms with Gasteiger partial charge in [-0.1, -0.05) is 0 Å². The Bertz CT molecular complexity index is 29.9. The van der Waals surface area contributed by atoms with Crippen molar-refractivity contribution in [1.29, 1.82) is 0 Å². The molecule has 0 fully saturated rings. The van der Waals surface area contributed by atoms with E-state index in [0.717, 1.165) is 0 Å². The third kappa shape index (κ3) is 859.